The SMILES string of the molecule is COc1ccc(C2=NN(C)c3nc(SC)ncc3O2)cc1. The summed E-state index contributed by atoms with van der Waals surface area (Å²) in [6, 6.07) is 7.52. The van der Waals surface area contributed by atoms with Gasteiger partial charge in [0.15, 0.2) is 16.7 Å². The fourth-order valence-corrected chi connectivity index (χ4v) is 2.24. The standard InChI is InChI=1S/C14H14N4O2S/c1-18-12-11(8-15-14(16-12)21-3)20-13(17-18)9-4-6-10(19-2)7-5-9/h4-8H,1-3H3. The van der Waals surface area contributed by atoms with E-state index in [4.69, 9.17) is 9.47 Å². The van der Waals surface area contributed by atoms with Crippen molar-refractivity contribution >= 4 is 23.5 Å². The summed E-state index contributed by atoms with van der Waals surface area (Å²) in [7, 11) is 3.47. The van der Waals surface area contributed by atoms with Crippen LogP contribution in [0.5, 0.6) is 11.5 Å². The molecule has 0 bridgehead atoms. The molecule has 0 saturated carbocycles. The number of methoxy groups -OCH3 is 1. The molecule has 1 aromatic heterocycles. The van der Waals surface area contributed by atoms with Crippen LogP contribution in [0.1, 0.15) is 5.56 Å². The van der Waals surface area contributed by atoms with Crippen molar-refractivity contribution in [3.63, 3.8) is 0 Å². The van der Waals surface area contributed by atoms with Gasteiger partial charge in [0, 0.05) is 12.6 Å². The Bertz CT molecular complexity index is 688. The van der Waals surface area contributed by atoms with Gasteiger partial charge in [-0.2, -0.15) is 4.98 Å². The molecule has 0 fully saturated rings. The molecule has 3 rings (SSSR count). The van der Waals surface area contributed by atoms with E-state index in [1.807, 2.05) is 37.6 Å². The monoisotopic (exact) mass is 302 g/mol. The Balaban J connectivity index is 1.93. The Morgan fingerprint density at radius 3 is 2.67 bits per heavy atom. The topological polar surface area (TPSA) is 59.8 Å². The van der Waals surface area contributed by atoms with Crippen LogP contribution >= 0.6 is 11.8 Å². The fraction of sp³-hybridized carbons (Fsp3) is 0.214. The second-order valence-electron chi connectivity index (χ2n) is 4.30. The zero-order valence-electron chi connectivity index (χ0n) is 11.9. The summed E-state index contributed by atoms with van der Waals surface area (Å²) in [4.78, 5) is 8.62. The Morgan fingerprint density at radius 2 is 2.00 bits per heavy atom. The van der Waals surface area contributed by atoms with Gasteiger partial charge in [0.2, 0.25) is 5.90 Å². The van der Waals surface area contributed by atoms with Gasteiger partial charge in [-0.15, -0.1) is 5.10 Å². The van der Waals surface area contributed by atoms with E-state index in [1.165, 1.54) is 11.8 Å². The molecule has 0 atom stereocenters. The van der Waals surface area contributed by atoms with Crippen LogP contribution in [-0.4, -0.2) is 36.3 Å². The van der Waals surface area contributed by atoms with Crippen LogP contribution in [0.25, 0.3) is 0 Å². The van der Waals surface area contributed by atoms with Crippen molar-refractivity contribution in [1.29, 1.82) is 0 Å². The van der Waals surface area contributed by atoms with Crippen molar-refractivity contribution in [3.8, 4) is 11.5 Å². The van der Waals surface area contributed by atoms with Crippen molar-refractivity contribution in [2.45, 2.75) is 5.16 Å². The maximum absolute atomic E-state index is 5.79. The van der Waals surface area contributed by atoms with E-state index in [0.29, 0.717) is 22.6 Å². The Kier molecular flexibility index (Phi) is 3.66. The van der Waals surface area contributed by atoms with Crippen LogP contribution in [0.4, 0.5) is 5.82 Å². The summed E-state index contributed by atoms with van der Waals surface area (Å²) in [5, 5.41) is 6.79. The van der Waals surface area contributed by atoms with Gasteiger partial charge in [0.1, 0.15) is 5.75 Å². The lowest BCUT2D eigenvalue weighted by Gasteiger charge is -2.23. The molecular weight excluding hydrogens is 288 g/mol. The Morgan fingerprint density at radius 1 is 1.24 bits per heavy atom. The van der Waals surface area contributed by atoms with Crippen LogP contribution < -0.4 is 14.5 Å². The number of hydrogen-bond acceptors (Lipinski definition) is 7. The summed E-state index contributed by atoms with van der Waals surface area (Å²) in [6.07, 6.45) is 3.60. The van der Waals surface area contributed by atoms with Crippen molar-refractivity contribution in [3.05, 3.63) is 36.0 Å². The van der Waals surface area contributed by atoms with Crippen LogP contribution in [0.15, 0.2) is 40.7 Å². The van der Waals surface area contributed by atoms with E-state index < -0.39 is 0 Å². The van der Waals surface area contributed by atoms with Crippen LogP contribution in [0.3, 0.4) is 0 Å². The van der Waals surface area contributed by atoms with E-state index in [2.05, 4.69) is 15.1 Å². The molecule has 7 heteroatoms. The number of hydrogen-bond donors (Lipinski definition) is 0. The molecule has 6 nitrogen and oxygen atoms in total. The van der Waals surface area contributed by atoms with Gasteiger partial charge in [0.05, 0.1) is 13.3 Å². The minimum atomic E-state index is 0.508. The van der Waals surface area contributed by atoms with Gasteiger partial charge in [-0.3, -0.25) is 0 Å². The summed E-state index contributed by atoms with van der Waals surface area (Å²) < 4.78 is 10.9. The molecule has 0 aliphatic carbocycles. The maximum atomic E-state index is 5.79. The third-order valence-corrected chi connectivity index (χ3v) is 3.55. The quantitative estimate of drug-likeness (QED) is 0.641. The number of thioether (sulfide) groups is 1. The number of hydrazone groups is 1. The van der Waals surface area contributed by atoms with Gasteiger partial charge >= 0.3 is 0 Å². The van der Waals surface area contributed by atoms with Gasteiger partial charge in [-0.05, 0) is 30.5 Å². The number of rotatable bonds is 3. The molecule has 0 unspecified atom stereocenters. The molecule has 2 aromatic rings. The molecular formula is C14H14N4O2S. The lowest BCUT2D eigenvalue weighted by Crippen LogP contribution is -2.25. The van der Waals surface area contributed by atoms with E-state index >= 15 is 0 Å². The minimum absolute atomic E-state index is 0.508. The van der Waals surface area contributed by atoms with Crippen LogP contribution in [0.2, 0.25) is 0 Å². The molecule has 0 saturated heterocycles. The normalized spacial score (nSPS) is 13.3. The summed E-state index contributed by atoms with van der Waals surface area (Å²) in [6.45, 7) is 0. The second-order valence-corrected chi connectivity index (χ2v) is 5.08. The molecule has 1 aliphatic rings. The first-order valence-corrected chi connectivity index (χ1v) is 7.49. The van der Waals surface area contributed by atoms with Gasteiger partial charge < -0.3 is 9.47 Å². The lowest BCUT2D eigenvalue weighted by atomic mass is 10.2. The smallest absolute Gasteiger partial charge is 0.244 e. The third-order valence-electron chi connectivity index (χ3n) is 2.99. The third kappa shape index (κ3) is 2.64. The highest BCUT2D eigenvalue weighted by Gasteiger charge is 2.22. The first-order chi connectivity index (χ1) is 10.2. The number of nitrogens with zero attached hydrogens (tertiary/aromatic N) is 4. The Labute approximate surface area is 126 Å². The first kappa shape index (κ1) is 13.7. The van der Waals surface area contributed by atoms with Crippen LogP contribution in [0, 0.1) is 0 Å². The van der Waals surface area contributed by atoms with E-state index in [9.17, 15) is 0 Å². The zero-order chi connectivity index (χ0) is 14.8. The molecule has 0 N–H and O–H groups in total. The van der Waals surface area contributed by atoms with Crippen LogP contribution in [-0.2, 0) is 0 Å². The molecule has 0 spiro atoms. The fourth-order valence-electron chi connectivity index (χ4n) is 1.91. The van der Waals surface area contributed by atoms with Gasteiger partial charge in [0.25, 0.3) is 0 Å². The molecule has 21 heavy (non-hydrogen) atoms. The summed E-state index contributed by atoms with van der Waals surface area (Å²) in [5.41, 5.74) is 0.863. The molecule has 0 amide bonds. The highest BCUT2D eigenvalue weighted by molar-refractivity contribution is 7.98. The number of benzene rings is 1. The number of fused-ring (bicyclic) bond motifs is 1. The van der Waals surface area contributed by atoms with Crippen molar-refractivity contribution < 1.29 is 9.47 Å². The number of anilines is 1. The average Bonchev–Trinajstić information content (AvgIpc) is 2.54. The van der Waals surface area contributed by atoms with Crippen molar-refractivity contribution in [2.24, 2.45) is 5.10 Å². The summed E-state index contributed by atoms with van der Waals surface area (Å²) >= 11 is 1.48. The van der Waals surface area contributed by atoms with Gasteiger partial charge in [-0.1, -0.05) is 11.8 Å². The molecule has 2 heterocycles. The van der Waals surface area contributed by atoms with E-state index in [1.54, 1.807) is 18.3 Å². The number of ether oxygens (including phenoxy) is 2. The maximum Gasteiger partial charge on any atom is 0.244 e. The van der Waals surface area contributed by atoms with Crippen molar-refractivity contribution in [1.82, 2.24) is 9.97 Å². The molecule has 108 valence electrons. The van der Waals surface area contributed by atoms with E-state index in [0.717, 1.165) is 11.3 Å². The van der Waals surface area contributed by atoms with Gasteiger partial charge in [-0.25, -0.2) is 9.99 Å². The molecule has 1 aliphatic heterocycles. The highest BCUT2D eigenvalue weighted by Crippen LogP contribution is 2.31. The second kappa shape index (κ2) is 5.61. The Hall–Kier alpha value is -2.28. The molecule has 1 aromatic carbocycles. The lowest BCUT2D eigenvalue weighted by molar-refractivity contribution is 0.414. The number of aromatic nitrogens is 2. The molecule has 0 radical (unpaired) electrons. The predicted octanol–water partition coefficient (Wildman–Crippen LogP) is 2.40. The highest BCUT2D eigenvalue weighted by atomic mass is 32.2. The largest absolute Gasteiger partial charge is 0.497 e. The first-order valence-electron chi connectivity index (χ1n) is 6.27. The predicted molar refractivity (Wildman–Crippen MR) is 82.4 cm³/mol. The zero-order valence-corrected chi connectivity index (χ0v) is 12.7. The summed E-state index contributed by atoms with van der Waals surface area (Å²) in [5.74, 6) is 2.55. The minimum Gasteiger partial charge on any atom is -0.497 e. The van der Waals surface area contributed by atoms with Crippen molar-refractivity contribution in [2.75, 3.05) is 25.4 Å². The average molecular weight is 302 g/mol. The van der Waals surface area contributed by atoms with E-state index in [-0.39, 0.29) is 0 Å².